The molecule has 1 aromatic carbocycles. The first-order chi connectivity index (χ1) is 7.66. The Morgan fingerprint density at radius 1 is 1.50 bits per heavy atom. The van der Waals surface area contributed by atoms with Crippen molar-refractivity contribution in [3.05, 3.63) is 45.4 Å². The van der Waals surface area contributed by atoms with Crippen LogP contribution in [0.5, 0.6) is 5.75 Å². The van der Waals surface area contributed by atoms with E-state index >= 15 is 0 Å². The highest BCUT2D eigenvalue weighted by Crippen LogP contribution is 2.28. The van der Waals surface area contributed by atoms with Crippen LogP contribution in [0.2, 0.25) is 0 Å². The molecule has 0 saturated heterocycles. The van der Waals surface area contributed by atoms with Gasteiger partial charge >= 0.3 is 0 Å². The summed E-state index contributed by atoms with van der Waals surface area (Å²) in [5.41, 5.74) is 1.12. The van der Waals surface area contributed by atoms with Gasteiger partial charge in [0, 0.05) is 17.7 Å². The Bertz CT molecular complexity index is 457. The van der Waals surface area contributed by atoms with Crippen molar-refractivity contribution < 1.29 is 14.1 Å². The van der Waals surface area contributed by atoms with Gasteiger partial charge in [-0.25, -0.2) is 4.39 Å². The first-order valence-electron chi connectivity index (χ1n) is 4.94. The number of nitro groups is 1. The van der Waals surface area contributed by atoms with Crippen LogP contribution < -0.4 is 4.74 Å². The molecule has 0 aromatic heterocycles. The number of ether oxygens (including phenoxy) is 1. The third-order valence-corrected chi connectivity index (χ3v) is 2.40. The van der Waals surface area contributed by atoms with Crippen molar-refractivity contribution in [1.82, 2.24) is 0 Å². The lowest BCUT2D eigenvalue weighted by atomic mass is 10.0. The van der Waals surface area contributed by atoms with E-state index in [1.807, 2.05) is 0 Å². The number of halogens is 1. The second-order valence-corrected chi connectivity index (χ2v) is 3.53. The largest absolute Gasteiger partial charge is 0.493 e. The normalized spacial score (nSPS) is 14.6. The Morgan fingerprint density at radius 3 is 3.06 bits per heavy atom. The van der Waals surface area contributed by atoms with Crippen LogP contribution in [0, 0.1) is 15.9 Å². The van der Waals surface area contributed by atoms with Gasteiger partial charge in [0.1, 0.15) is 11.6 Å². The quantitative estimate of drug-likeness (QED) is 0.571. The molecule has 0 fully saturated rings. The summed E-state index contributed by atoms with van der Waals surface area (Å²) in [5.74, 6) is 0.0424. The van der Waals surface area contributed by atoms with Crippen LogP contribution in [-0.2, 0) is 6.42 Å². The topological polar surface area (TPSA) is 52.4 Å². The zero-order valence-corrected chi connectivity index (χ0v) is 8.48. The molecule has 84 valence electrons. The maximum Gasteiger partial charge on any atom is 0.235 e. The predicted molar refractivity (Wildman–Crippen MR) is 56.2 cm³/mol. The zero-order chi connectivity index (χ0) is 11.5. The Hall–Kier alpha value is -1.91. The fourth-order valence-corrected chi connectivity index (χ4v) is 1.66. The fraction of sp³-hybridized carbons (Fsp3) is 0.273. The summed E-state index contributed by atoms with van der Waals surface area (Å²) in [6, 6.07) is 2.89. The van der Waals surface area contributed by atoms with E-state index in [-0.39, 0.29) is 5.56 Å². The van der Waals surface area contributed by atoms with Crippen molar-refractivity contribution in [1.29, 1.82) is 0 Å². The molecule has 0 bridgehead atoms. The van der Waals surface area contributed by atoms with Crippen molar-refractivity contribution in [3.8, 4) is 5.75 Å². The van der Waals surface area contributed by atoms with Gasteiger partial charge < -0.3 is 4.74 Å². The van der Waals surface area contributed by atoms with Gasteiger partial charge in [0.25, 0.3) is 0 Å². The van der Waals surface area contributed by atoms with Crippen LogP contribution in [0.15, 0.2) is 18.3 Å². The van der Waals surface area contributed by atoms with Crippen LogP contribution in [0.3, 0.4) is 0 Å². The average Bonchev–Trinajstić information content (AvgIpc) is 2.26. The van der Waals surface area contributed by atoms with Gasteiger partial charge in [-0.15, -0.1) is 0 Å². The molecule has 1 aromatic rings. The molecule has 0 amide bonds. The number of hydrogen-bond acceptors (Lipinski definition) is 3. The van der Waals surface area contributed by atoms with E-state index in [4.69, 9.17) is 4.74 Å². The minimum absolute atomic E-state index is 0.223. The number of benzene rings is 1. The maximum absolute atomic E-state index is 13.5. The molecule has 0 spiro atoms. The number of aryl methyl sites for hydroxylation is 1. The van der Waals surface area contributed by atoms with Gasteiger partial charge in [-0.1, -0.05) is 0 Å². The first-order valence-corrected chi connectivity index (χ1v) is 4.94. The summed E-state index contributed by atoms with van der Waals surface area (Å²) < 4.78 is 18.8. The Balaban J connectivity index is 2.35. The summed E-state index contributed by atoms with van der Waals surface area (Å²) in [7, 11) is 0. The Morgan fingerprint density at radius 2 is 2.31 bits per heavy atom. The van der Waals surface area contributed by atoms with E-state index in [0.29, 0.717) is 12.4 Å². The molecule has 1 aliphatic rings. The highest BCUT2D eigenvalue weighted by atomic mass is 19.1. The van der Waals surface area contributed by atoms with Gasteiger partial charge in [0.2, 0.25) is 6.20 Å². The lowest BCUT2D eigenvalue weighted by Crippen LogP contribution is -2.09. The van der Waals surface area contributed by atoms with Crippen LogP contribution in [0.4, 0.5) is 4.39 Å². The fourth-order valence-electron chi connectivity index (χ4n) is 1.66. The van der Waals surface area contributed by atoms with E-state index in [1.165, 1.54) is 6.07 Å². The van der Waals surface area contributed by atoms with Gasteiger partial charge in [-0.05, 0) is 24.5 Å². The second-order valence-electron chi connectivity index (χ2n) is 3.53. The van der Waals surface area contributed by atoms with Gasteiger partial charge in [-0.3, -0.25) is 10.1 Å². The molecule has 1 aliphatic heterocycles. The molecule has 0 atom stereocenters. The molecular formula is C11H10FNO3. The number of fused-ring (bicyclic) bond motifs is 1. The highest BCUT2D eigenvalue weighted by Gasteiger charge is 2.13. The van der Waals surface area contributed by atoms with Crippen molar-refractivity contribution in [2.75, 3.05) is 6.61 Å². The van der Waals surface area contributed by atoms with Crippen molar-refractivity contribution in [2.45, 2.75) is 12.8 Å². The van der Waals surface area contributed by atoms with Crippen LogP contribution >= 0.6 is 0 Å². The second kappa shape index (κ2) is 4.30. The molecule has 0 unspecified atom stereocenters. The smallest absolute Gasteiger partial charge is 0.235 e. The highest BCUT2D eigenvalue weighted by molar-refractivity contribution is 5.54. The molecule has 0 N–H and O–H groups in total. The molecule has 5 heteroatoms. The molecule has 0 aliphatic carbocycles. The maximum atomic E-state index is 13.5. The summed E-state index contributed by atoms with van der Waals surface area (Å²) >= 11 is 0. The van der Waals surface area contributed by atoms with E-state index < -0.39 is 10.7 Å². The van der Waals surface area contributed by atoms with Gasteiger partial charge in [0.15, 0.2) is 0 Å². The van der Waals surface area contributed by atoms with E-state index in [1.54, 1.807) is 6.07 Å². The zero-order valence-electron chi connectivity index (χ0n) is 8.48. The van der Waals surface area contributed by atoms with Crippen molar-refractivity contribution >= 4 is 6.08 Å². The van der Waals surface area contributed by atoms with Crippen molar-refractivity contribution in [2.24, 2.45) is 0 Å². The van der Waals surface area contributed by atoms with Crippen LogP contribution in [-0.4, -0.2) is 11.5 Å². The van der Waals surface area contributed by atoms with Crippen LogP contribution in [0.25, 0.3) is 6.08 Å². The third-order valence-electron chi connectivity index (χ3n) is 2.40. The summed E-state index contributed by atoms with van der Waals surface area (Å²) in [6.45, 7) is 0.594. The lowest BCUT2D eigenvalue weighted by molar-refractivity contribution is -0.400. The standard InChI is InChI=1S/C11H10FNO3/c12-10-7-11-9(2-1-5-16-11)6-8(10)3-4-13(14)15/h3-4,6-7H,1-2,5H2/b4-3+. The number of rotatable bonds is 2. The minimum atomic E-state index is -0.616. The Labute approximate surface area is 91.5 Å². The molecular weight excluding hydrogens is 213 g/mol. The number of nitrogens with zero attached hydrogens (tertiary/aromatic N) is 1. The molecule has 0 radical (unpaired) electrons. The summed E-state index contributed by atoms with van der Waals surface area (Å²) in [5, 5.41) is 10.1. The average molecular weight is 223 g/mol. The lowest BCUT2D eigenvalue weighted by Gasteiger charge is -2.17. The van der Waals surface area contributed by atoms with Gasteiger partial charge in [-0.2, -0.15) is 0 Å². The molecule has 1 heterocycles. The minimum Gasteiger partial charge on any atom is -0.493 e. The number of hydrogen-bond donors (Lipinski definition) is 0. The van der Waals surface area contributed by atoms with Gasteiger partial charge in [0.05, 0.1) is 11.5 Å². The summed E-state index contributed by atoms with van der Waals surface area (Å²) in [6.07, 6.45) is 3.59. The Kier molecular flexibility index (Phi) is 2.85. The molecule has 2 rings (SSSR count). The first kappa shape index (κ1) is 10.6. The van der Waals surface area contributed by atoms with E-state index in [9.17, 15) is 14.5 Å². The molecule has 0 saturated carbocycles. The third kappa shape index (κ3) is 2.18. The molecule has 16 heavy (non-hydrogen) atoms. The van der Waals surface area contributed by atoms with Crippen molar-refractivity contribution in [3.63, 3.8) is 0 Å². The monoisotopic (exact) mass is 223 g/mol. The van der Waals surface area contributed by atoms with Crippen LogP contribution in [0.1, 0.15) is 17.5 Å². The SMILES string of the molecule is O=[N+]([O-])/C=C/c1cc2c(cc1F)OCCC2. The molecule has 4 nitrogen and oxygen atoms in total. The van der Waals surface area contributed by atoms with E-state index in [2.05, 4.69) is 0 Å². The summed E-state index contributed by atoms with van der Waals surface area (Å²) in [4.78, 5) is 9.53. The van der Waals surface area contributed by atoms with E-state index in [0.717, 1.165) is 30.7 Å². The predicted octanol–water partition coefficient (Wildman–Crippen LogP) is 2.40.